The Labute approximate surface area is 82.8 Å². The minimum absolute atomic E-state index is 0.360. The van der Waals surface area contributed by atoms with E-state index in [2.05, 4.69) is 4.98 Å². The number of aromatic nitrogens is 1. The summed E-state index contributed by atoms with van der Waals surface area (Å²) in [5.41, 5.74) is 0.970. The van der Waals surface area contributed by atoms with Crippen molar-refractivity contribution in [3.63, 3.8) is 0 Å². The summed E-state index contributed by atoms with van der Waals surface area (Å²) in [6, 6.07) is 5.72. The lowest BCUT2D eigenvalue weighted by Crippen LogP contribution is -2.22. The Kier molecular flexibility index (Phi) is 4.15. The molecule has 1 aromatic rings. The second-order valence-electron chi connectivity index (χ2n) is 2.85. The van der Waals surface area contributed by atoms with Crippen molar-refractivity contribution in [2.45, 2.75) is 13.0 Å². The third kappa shape index (κ3) is 3.23. The molecule has 0 aromatic carbocycles. The van der Waals surface area contributed by atoms with E-state index in [-0.39, 0.29) is 0 Å². The molecule has 0 fully saturated rings. The summed E-state index contributed by atoms with van der Waals surface area (Å²) in [7, 11) is 0. The zero-order valence-electron chi connectivity index (χ0n) is 7.76. The van der Waals surface area contributed by atoms with Gasteiger partial charge >= 0.3 is 0 Å². The normalized spacial score (nSPS) is 9.07. The van der Waals surface area contributed by atoms with E-state index in [1.165, 1.54) is 0 Å². The number of pyridine rings is 1. The van der Waals surface area contributed by atoms with E-state index >= 15 is 0 Å². The Hall–Kier alpha value is -1.89. The highest BCUT2D eigenvalue weighted by molar-refractivity contribution is 5.47. The highest BCUT2D eigenvalue weighted by atomic mass is 16.1. The fraction of sp³-hybridized carbons (Fsp3) is 0.300. The van der Waals surface area contributed by atoms with Gasteiger partial charge in [0.15, 0.2) is 0 Å². The van der Waals surface area contributed by atoms with Gasteiger partial charge in [-0.15, -0.1) is 0 Å². The van der Waals surface area contributed by atoms with E-state index in [1.807, 2.05) is 18.2 Å². The molecule has 0 spiro atoms. The van der Waals surface area contributed by atoms with Crippen molar-refractivity contribution in [3.8, 4) is 6.07 Å². The zero-order valence-corrected chi connectivity index (χ0v) is 7.76. The molecule has 0 unspecified atom stereocenters. The number of hydrogen-bond acceptors (Lipinski definition) is 3. The SMILES string of the molecule is N#CCCN(C=O)Cc1cccnc1. The van der Waals surface area contributed by atoms with Crippen molar-refractivity contribution in [1.82, 2.24) is 9.88 Å². The fourth-order valence-electron chi connectivity index (χ4n) is 1.09. The molecule has 0 aliphatic carbocycles. The first-order valence-corrected chi connectivity index (χ1v) is 4.32. The quantitative estimate of drug-likeness (QED) is 0.648. The van der Waals surface area contributed by atoms with Crippen LogP contribution in [-0.4, -0.2) is 22.8 Å². The van der Waals surface area contributed by atoms with Gasteiger partial charge in [-0.05, 0) is 11.6 Å². The zero-order chi connectivity index (χ0) is 10.2. The van der Waals surface area contributed by atoms with Gasteiger partial charge in [-0.25, -0.2) is 0 Å². The first kappa shape index (κ1) is 10.2. The van der Waals surface area contributed by atoms with Gasteiger partial charge < -0.3 is 4.90 Å². The molecule has 0 aliphatic heterocycles. The smallest absolute Gasteiger partial charge is 0.210 e. The second-order valence-corrected chi connectivity index (χ2v) is 2.85. The lowest BCUT2D eigenvalue weighted by molar-refractivity contribution is -0.118. The summed E-state index contributed by atoms with van der Waals surface area (Å²) in [4.78, 5) is 16.1. The molecule has 14 heavy (non-hydrogen) atoms. The number of rotatable bonds is 5. The highest BCUT2D eigenvalue weighted by Gasteiger charge is 2.01. The maximum absolute atomic E-state index is 10.6. The molecule has 0 atom stereocenters. The number of hydrogen-bond donors (Lipinski definition) is 0. The van der Waals surface area contributed by atoms with Crippen LogP contribution in [-0.2, 0) is 11.3 Å². The summed E-state index contributed by atoms with van der Waals surface area (Å²) in [6.07, 6.45) is 4.51. The van der Waals surface area contributed by atoms with Crippen molar-refractivity contribution in [2.24, 2.45) is 0 Å². The number of amides is 1. The monoisotopic (exact) mass is 189 g/mol. The van der Waals surface area contributed by atoms with E-state index in [0.717, 1.165) is 12.0 Å². The van der Waals surface area contributed by atoms with Crippen LogP contribution in [0.1, 0.15) is 12.0 Å². The molecular formula is C10H11N3O. The maximum Gasteiger partial charge on any atom is 0.210 e. The Morgan fingerprint density at radius 1 is 1.64 bits per heavy atom. The Morgan fingerprint density at radius 3 is 3.07 bits per heavy atom. The molecule has 72 valence electrons. The summed E-state index contributed by atoms with van der Waals surface area (Å²) in [5.74, 6) is 0. The van der Waals surface area contributed by atoms with Crippen LogP contribution in [0.3, 0.4) is 0 Å². The van der Waals surface area contributed by atoms with Crippen molar-refractivity contribution < 1.29 is 4.79 Å². The molecule has 4 heteroatoms. The van der Waals surface area contributed by atoms with E-state index < -0.39 is 0 Å². The van der Waals surface area contributed by atoms with Gasteiger partial charge in [-0.3, -0.25) is 9.78 Å². The molecule has 0 radical (unpaired) electrons. The van der Waals surface area contributed by atoms with Crippen molar-refractivity contribution in [3.05, 3.63) is 30.1 Å². The topological polar surface area (TPSA) is 57.0 Å². The van der Waals surface area contributed by atoms with Gasteiger partial charge in [0.25, 0.3) is 0 Å². The van der Waals surface area contributed by atoms with E-state index in [1.54, 1.807) is 17.3 Å². The Bertz CT molecular complexity index is 318. The number of nitrogens with zero attached hydrogens (tertiary/aromatic N) is 3. The second kappa shape index (κ2) is 5.70. The van der Waals surface area contributed by atoms with Gasteiger partial charge in [0.1, 0.15) is 0 Å². The van der Waals surface area contributed by atoms with Gasteiger partial charge in [0.05, 0.1) is 12.5 Å². The lowest BCUT2D eigenvalue weighted by Gasteiger charge is -2.14. The molecule has 1 rings (SSSR count). The van der Waals surface area contributed by atoms with Gasteiger partial charge in [-0.2, -0.15) is 5.26 Å². The van der Waals surface area contributed by atoms with Crippen LogP contribution in [0.5, 0.6) is 0 Å². The molecule has 4 nitrogen and oxygen atoms in total. The molecule has 0 aliphatic rings. The standard InChI is InChI=1S/C10H11N3O/c11-4-2-6-13(9-14)8-10-3-1-5-12-7-10/h1,3,5,7,9H,2,6,8H2. The first-order valence-electron chi connectivity index (χ1n) is 4.32. The summed E-state index contributed by atoms with van der Waals surface area (Å²) in [5, 5.41) is 8.37. The minimum Gasteiger partial charge on any atom is -0.340 e. The first-order chi connectivity index (χ1) is 6.86. The number of nitriles is 1. The van der Waals surface area contributed by atoms with Gasteiger partial charge in [0.2, 0.25) is 6.41 Å². The largest absolute Gasteiger partial charge is 0.340 e. The van der Waals surface area contributed by atoms with Crippen LogP contribution in [0.15, 0.2) is 24.5 Å². The minimum atomic E-state index is 0.360. The lowest BCUT2D eigenvalue weighted by atomic mass is 10.2. The predicted molar refractivity (Wildman–Crippen MR) is 50.9 cm³/mol. The maximum atomic E-state index is 10.6. The molecule has 1 amide bonds. The molecule has 0 saturated heterocycles. The Morgan fingerprint density at radius 2 is 2.50 bits per heavy atom. The highest BCUT2D eigenvalue weighted by Crippen LogP contribution is 2.00. The third-order valence-corrected chi connectivity index (χ3v) is 1.77. The molecule has 1 heterocycles. The average Bonchev–Trinajstić information content (AvgIpc) is 2.25. The fourth-order valence-corrected chi connectivity index (χ4v) is 1.09. The van der Waals surface area contributed by atoms with Gasteiger partial charge in [0, 0.05) is 25.5 Å². The summed E-state index contributed by atoms with van der Waals surface area (Å²) in [6.45, 7) is 0.980. The number of carbonyl (C=O) groups is 1. The van der Waals surface area contributed by atoms with Crippen molar-refractivity contribution in [1.29, 1.82) is 5.26 Å². The van der Waals surface area contributed by atoms with Crippen molar-refractivity contribution >= 4 is 6.41 Å². The molecule has 0 N–H and O–H groups in total. The van der Waals surface area contributed by atoms with Crippen LogP contribution in [0, 0.1) is 11.3 Å². The van der Waals surface area contributed by atoms with Crippen LogP contribution in [0.2, 0.25) is 0 Å². The molecule has 0 bridgehead atoms. The van der Waals surface area contributed by atoms with E-state index in [4.69, 9.17) is 5.26 Å². The average molecular weight is 189 g/mol. The molecule has 1 aromatic heterocycles. The number of carbonyl (C=O) groups excluding carboxylic acids is 1. The van der Waals surface area contributed by atoms with E-state index in [0.29, 0.717) is 19.5 Å². The summed E-state index contributed by atoms with van der Waals surface area (Å²) >= 11 is 0. The third-order valence-electron chi connectivity index (χ3n) is 1.77. The summed E-state index contributed by atoms with van der Waals surface area (Å²) < 4.78 is 0. The van der Waals surface area contributed by atoms with Crippen LogP contribution in [0.25, 0.3) is 0 Å². The molecular weight excluding hydrogens is 178 g/mol. The Balaban J connectivity index is 2.49. The van der Waals surface area contributed by atoms with Crippen LogP contribution < -0.4 is 0 Å². The van der Waals surface area contributed by atoms with Crippen molar-refractivity contribution in [2.75, 3.05) is 6.54 Å². The van der Waals surface area contributed by atoms with Crippen LogP contribution >= 0.6 is 0 Å². The van der Waals surface area contributed by atoms with Crippen LogP contribution in [0.4, 0.5) is 0 Å². The van der Waals surface area contributed by atoms with E-state index in [9.17, 15) is 4.79 Å². The van der Waals surface area contributed by atoms with Gasteiger partial charge in [-0.1, -0.05) is 6.07 Å². The molecule has 0 saturated carbocycles. The predicted octanol–water partition coefficient (Wildman–Crippen LogP) is 0.954.